The molecule has 1 spiro atoms. The summed E-state index contributed by atoms with van der Waals surface area (Å²) in [4.78, 5) is 29.6. The number of carbonyl (C=O) groups is 1. The van der Waals surface area contributed by atoms with Crippen LogP contribution in [0, 0.1) is 5.41 Å². The van der Waals surface area contributed by atoms with Gasteiger partial charge in [-0.25, -0.2) is 0 Å². The summed E-state index contributed by atoms with van der Waals surface area (Å²) in [7, 11) is 1.57. The van der Waals surface area contributed by atoms with Crippen molar-refractivity contribution in [1.29, 1.82) is 0 Å². The topological polar surface area (TPSA) is 97.5 Å². The Morgan fingerprint density at radius 2 is 2.14 bits per heavy atom. The van der Waals surface area contributed by atoms with E-state index in [0.29, 0.717) is 18.8 Å². The second kappa shape index (κ2) is 7.61. The van der Waals surface area contributed by atoms with Crippen LogP contribution in [0.2, 0.25) is 0 Å². The number of piperidine rings is 2. The fraction of sp³-hybridized carbons (Fsp3) is 0.500. The molecule has 2 aromatic heterocycles. The zero-order valence-corrected chi connectivity index (χ0v) is 16.2. The number of likely N-dealkylation sites (tertiary alicyclic amines) is 1. The van der Waals surface area contributed by atoms with E-state index < -0.39 is 0 Å². The number of hydrogen-bond donors (Lipinski definition) is 1. The smallest absolute Gasteiger partial charge is 0.225 e. The maximum Gasteiger partial charge on any atom is 0.225 e. The SMILES string of the molecule is COc1cc(N2CCC[C@]3(CCC(=O)N(Cc4ccccn4)C3)C2)nc(N)n1. The highest BCUT2D eigenvalue weighted by molar-refractivity contribution is 5.77. The lowest BCUT2D eigenvalue weighted by atomic mass is 9.73. The number of nitrogen functional groups attached to an aromatic ring is 1. The van der Waals surface area contributed by atoms with Gasteiger partial charge in [0.25, 0.3) is 0 Å². The zero-order valence-electron chi connectivity index (χ0n) is 16.2. The molecule has 8 heteroatoms. The van der Waals surface area contributed by atoms with E-state index in [1.165, 1.54) is 0 Å². The Bertz CT molecular complexity index is 846. The predicted octanol–water partition coefficient (Wildman–Crippen LogP) is 1.87. The number of amides is 1. The van der Waals surface area contributed by atoms with Crippen LogP contribution in [0.5, 0.6) is 5.88 Å². The van der Waals surface area contributed by atoms with Gasteiger partial charge in [0.2, 0.25) is 17.7 Å². The van der Waals surface area contributed by atoms with Gasteiger partial charge in [-0.15, -0.1) is 0 Å². The first kappa shape index (κ1) is 18.5. The van der Waals surface area contributed by atoms with Crippen LogP contribution in [0.1, 0.15) is 31.4 Å². The third-order valence-corrected chi connectivity index (χ3v) is 5.73. The minimum absolute atomic E-state index is 0.0634. The molecule has 4 rings (SSSR count). The second-order valence-corrected chi connectivity index (χ2v) is 7.72. The molecule has 0 aliphatic carbocycles. The standard InChI is InChI=1S/C20H26N6O2/c1-28-17-11-16(23-19(21)24-17)25-10-4-7-20(13-25)8-6-18(27)26(14-20)12-15-5-2-3-9-22-15/h2-3,5,9,11H,4,6-8,10,12-14H2,1H3,(H2,21,23,24)/t20-/m0/s1. The number of pyridine rings is 1. The number of carbonyl (C=O) groups excluding carboxylic acids is 1. The monoisotopic (exact) mass is 382 g/mol. The highest BCUT2D eigenvalue weighted by Gasteiger charge is 2.42. The Hall–Kier alpha value is -2.90. The van der Waals surface area contributed by atoms with Crippen molar-refractivity contribution in [2.45, 2.75) is 32.2 Å². The molecule has 0 bridgehead atoms. The van der Waals surface area contributed by atoms with Crippen molar-refractivity contribution in [1.82, 2.24) is 19.9 Å². The summed E-state index contributed by atoms with van der Waals surface area (Å²) >= 11 is 0. The second-order valence-electron chi connectivity index (χ2n) is 7.72. The Morgan fingerprint density at radius 3 is 2.93 bits per heavy atom. The molecule has 148 valence electrons. The Balaban J connectivity index is 1.52. The van der Waals surface area contributed by atoms with E-state index in [0.717, 1.165) is 50.4 Å². The molecule has 2 aliphatic rings. The van der Waals surface area contributed by atoms with Gasteiger partial charge in [-0.1, -0.05) is 6.07 Å². The lowest BCUT2D eigenvalue weighted by Gasteiger charge is -2.48. The molecule has 2 aromatic rings. The molecule has 0 aromatic carbocycles. The average Bonchev–Trinajstić information content (AvgIpc) is 2.71. The molecule has 0 saturated carbocycles. The van der Waals surface area contributed by atoms with Crippen LogP contribution >= 0.6 is 0 Å². The number of aromatic nitrogens is 3. The van der Waals surface area contributed by atoms with Gasteiger partial charge in [0.15, 0.2) is 0 Å². The highest BCUT2D eigenvalue weighted by Crippen LogP contribution is 2.40. The van der Waals surface area contributed by atoms with Gasteiger partial charge >= 0.3 is 0 Å². The molecule has 1 atom stereocenters. The first-order valence-corrected chi connectivity index (χ1v) is 9.68. The van der Waals surface area contributed by atoms with Gasteiger partial charge in [0.05, 0.1) is 19.3 Å². The fourth-order valence-corrected chi connectivity index (χ4v) is 4.37. The molecule has 0 radical (unpaired) electrons. The lowest BCUT2D eigenvalue weighted by molar-refractivity contribution is -0.138. The predicted molar refractivity (Wildman–Crippen MR) is 106 cm³/mol. The maximum atomic E-state index is 12.5. The van der Waals surface area contributed by atoms with Crippen molar-refractivity contribution >= 4 is 17.7 Å². The Labute approximate surface area is 164 Å². The number of nitrogens with zero attached hydrogens (tertiary/aromatic N) is 5. The zero-order chi connectivity index (χ0) is 19.6. The number of hydrogen-bond acceptors (Lipinski definition) is 7. The van der Waals surface area contributed by atoms with Crippen LogP contribution in [0.4, 0.5) is 11.8 Å². The first-order valence-electron chi connectivity index (χ1n) is 9.68. The van der Waals surface area contributed by atoms with Crippen LogP contribution in [0.15, 0.2) is 30.5 Å². The highest BCUT2D eigenvalue weighted by atomic mass is 16.5. The van der Waals surface area contributed by atoms with Gasteiger partial charge in [0.1, 0.15) is 5.82 Å². The van der Waals surface area contributed by atoms with Gasteiger partial charge < -0.3 is 20.3 Å². The molecule has 2 fully saturated rings. The molecule has 1 amide bonds. The molecule has 2 saturated heterocycles. The van der Waals surface area contributed by atoms with Crippen molar-refractivity contribution in [2.75, 3.05) is 37.4 Å². The van der Waals surface area contributed by atoms with E-state index in [1.54, 1.807) is 13.3 Å². The van der Waals surface area contributed by atoms with Gasteiger partial charge in [0, 0.05) is 43.7 Å². The third-order valence-electron chi connectivity index (χ3n) is 5.73. The summed E-state index contributed by atoms with van der Waals surface area (Å²) in [5.41, 5.74) is 6.84. The van der Waals surface area contributed by atoms with Crippen molar-refractivity contribution in [2.24, 2.45) is 5.41 Å². The van der Waals surface area contributed by atoms with E-state index in [4.69, 9.17) is 10.5 Å². The number of ether oxygens (including phenoxy) is 1. The van der Waals surface area contributed by atoms with Crippen LogP contribution < -0.4 is 15.4 Å². The minimum Gasteiger partial charge on any atom is -0.481 e. The molecular weight excluding hydrogens is 356 g/mol. The van der Waals surface area contributed by atoms with Crippen molar-refractivity contribution in [3.63, 3.8) is 0 Å². The Morgan fingerprint density at radius 1 is 1.25 bits per heavy atom. The number of anilines is 2. The van der Waals surface area contributed by atoms with Crippen molar-refractivity contribution < 1.29 is 9.53 Å². The van der Waals surface area contributed by atoms with Crippen LogP contribution in [-0.2, 0) is 11.3 Å². The lowest BCUT2D eigenvalue weighted by Crippen LogP contribution is -2.54. The molecular formula is C20H26N6O2. The minimum atomic E-state index is 0.0634. The Kier molecular flexibility index (Phi) is 5.02. The summed E-state index contributed by atoms with van der Waals surface area (Å²) in [5.74, 6) is 1.68. The van der Waals surface area contributed by atoms with Crippen LogP contribution in [0.25, 0.3) is 0 Å². The number of rotatable bonds is 4. The molecule has 2 aliphatic heterocycles. The normalized spacial score (nSPS) is 22.5. The molecule has 4 heterocycles. The third kappa shape index (κ3) is 3.85. The van der Waals surface area contributed by atoms with E-state index in [1.807, 2.05) is 29.2 Å². The number of methoxy groups -OCH3 is 1. The van der Waals surface area contributed by atoms with E-state index >= 15 is 0 Å². The summed E-state index contributed by atoms with van der Waals surface area (Å²) in [6.07, 6.45) is 5.41. The van der Waals surface area contributed by atoms with Gasteiger partial charge in [-0.3, -0.25) is 9.78 Å². The largest absolute Gasteiger partial charge is 0.481 e. The van der Waals surface area contributed by atoms with Crippen molar-refractivity contribution in [3.8, 4) is 5.88 Å². The van der Waals surface area contributed by atoms with E-state index in [9.17, 15) is 4.79 Å². The fourth-order valence-electron chi connectivity index (χ4n) is 4.37. The van der Waals surface area contributed by atoms with Crippen LogP contribution in [0.3, 0.4) is 0 Å². The molecule has 28 heavy (non-hydrogen) atoms. The van der Waals surface area contributed by atoms with Gasteiger partial charge in [-0.2, -0.15) is 9.97 Å². The quantitative estimate of drug-likeness (QED) is 0.862. The number of nitrogens with two attached hydrogens (primary N) is 1. The summed E-state index contributed by atoms with van der Waals surface area (Å²) < 4.78 is 5.24. The summed E-state index contributed by atoms with van der Waals surface area (Å²) in [6.45, 7) is 3.07. The summed E-state index contributed by atoms with van der Waals surface area (Å²) in [5, 5.41) is 0. The van der Waals surface area contributed by atoms with E-state index in [-0.39, 0.29) is 17.3 Å². The molecule has 8 nitrogen and oxygen atoms in total. The molecule has 2 N–H and O–H groups in total. The van der Waals surface area contributed by atoms with Crippen molar-refractivity contribution in [3.05, 3.63) is 36.2 Å². The molecule has 0 unspecified atom stereocenters. The maximum absolute atomic E-state index is 12.5. The van der Waals surface area contributed by atoms with E-state index in [2.05, 4.69) is 19.9 Å². The summed E-state index contributed by atoms with van der Waals surface area (Å²) in [6, 6.07) is 7.65. The van der Waals surface area contributed by atoms with Crippen LogP contribution in [-0.4, -0.2) is 52.5 Å². The first-order chi connectivity index (χ1) is 13.6. The van der Waals surface area contributed by atoms with Gasteiger partial charge in [-0.05, 0) is 31.4 Å². The average molecular weight is 382 g/mol.